The average Bonchev–Trinajstić information content (AvgIpc) is 2.65. The molecular weight excluding hydrogens is 244 g/mol. The standard InChI is InChI=1S/C11H10O3S2/c1-8(12)15-6-3-2-4-9-5-7-16-10(9)11(13)14/h5,7H,3,6H2,1H3,(H,13,14). The first-order chi connectivity index (χ1) is 7.61. The van der Waals surface area contributed by atoms with Gasteiger partial charge in [0.2, 0.25) is 0 Å². The van der Waals surface area contributed by atoms with Crippen LogP contribution in [0.5, 0.6) is 0 Å². The molecule has 1 N–H and O–H groups in total. The number of hydrogen-bond acceptors (Lipinski definition) is 4. The third kappa shape index (κ3) is 4.09. The van der Waals surface area contributed by atoms with E-state index in [0.717, 1.165) is 11.3 Å². The van der Waals surface area contributed by atoms with E-state index in [0.29, 0.717) is 17.7 Å². The summed E-state index contributed by atoms with van der Waals surface area (Å²) >= 11 is 2.39. The number of carboxylic acid groups (broad SMARTS) is 1. The zero-order chi connectivity index (χ0) is 12.0. The lowest BCUT2D eigenvalue weighted by atomic mass is 10.2. The van der Waals surface area contributed by atoms with Gasteiger partial charge in [-0.2, -0.15) is 0 Å². The van der Waals surface area contributed by atoms with Gasteiger partial charge in [0.15, 0.2) is 5.12 Å². The second kappa shape index (κ2) is 6.36. The maximum absolute atomic E-state index is 10.8. The molecule has 0 aliphatic carbocycles. The van der Waals surface area contributed by atoms with Crippen molar-refractivity contribution in [1.29, 1.82) is 0 Å². The van der Waals surface area contributed by atoms with E-state index in [2.05, 4.69) is 11.8 Å². The number of hydrogen-bond donors (Lipinski definition) is 1. The topological polar surface area (TPSA) is 54.4 Å². The highest BCUT2D eigenvalue weighted by molar-refractivity contribution is 8.13. The van der Waals surface area contributed by atoms with Crippen molar-refractivity contribution in [3.63, 3.8) is 0 Å². The molecule has 16 heavy (non-hydrogen) atoms. The van der Waals surface area contributed by atoms with E-state index >= 15 is 0 Å². The fourth-order valence-corrected chi connectivity index (χ4v) is 2.16. The summed E-state index contributed by atoms with van der Waals surface area (Å²) in [6.45, 7) is 1.51. The van der Waals surface area contributed by atoms with E-state index in [1.54, 1.807) is 11.4 Å². The summed E-state index contributed by atoms with van der Waals surface area (Å²) in [4.78, 5) is 21.6. The predicted octanol–water partition coefficient (Wildman–Crippen LogP) is 2.47. The molecule has 0 radical (unpaired) electrons. The number of carboxylic acids is 1. The molecule has 0 spiro atoms. The van der Waals surface area contributed by atoms with Crippen LogP contribution in [-0.4, -0.2) is 21.9 Å². The van der Waals surface area contributed by atoms with Crippen LogP contribution in [0.25, 0.3) is 0 Å². The van der Waals surface area contributed by atoms with Crippen molar-refractivity contribution >= 4 is 34.2 Å². The summed E-state index contributed by atoms with van der Waals surface area (Å²) in [5.74, 6) is 5.36. The van der Waals surface area contributed by atoms with Gasteiger partial charge < -0.3 is 5.11 Å². The Morgan fingerprint density at radius 3 is 2.94 bits per heavy atom. The van der Waals surface area contributed by atoms with E-state index in [4.69, 9.17) is 5.11 Å². The van der Waals surface area contributed by atoms with Crippen LogP contribution in [0, 0.1) is 11.8 Å². The van der Waals surface area contributed by atoms with Crippen LogP contribution in [0.3, 0.4) is 0 Å². The van der Waals surface area contributed by atoms with Crippen molar-refractivity contribution in [3.8, 4) is 11.8 Å². The molecule has 0 fully saturated rings. The molecule has 0 saturated heterocycles. The highest BCUT2D eigenvalue weighted by Gasteiger charge is 2.08. The lowest BCUT2D eigenvalue weighted by Gasteiger charge is -1.90. The highest BCUT2D eigenvalue weighted by atomic mass is 32.2. The molecule has 1 rings (SSSR count). The molecule has 0 aliphatic rings. The second-order valence-electron chi connectivity index (χ2n) is 2.86. The summed E-state index contributed by atoms with van der Waals surface area (Å²) in [5.41, 5.74) is 0.547. The molecule has 0 amide bonds. The van der Waals surface area contributed by atoms with Crippen LogP contribution in [0.2, 0.25) is 0 Å². The van der Waals surface area contributed by atoms with Gasteiger partial charge in [-0.15, -0.1) is 11.3 Å². The van der Waals surface area contributed by atoms with Crippen LogP contribution in [0.15, 0.2) is 11.4 Å². The number of thioether (sulfide) groups is 1. The SMILES string of the molecule is CC(=O)SCCC#Cc1ccsc1C(=O)O. The lowest BCUT2D eigenvalue weighted by Crippen LogP contribution is -1.94. The summed E-state index contributed by atoms with van der Waals surface area (Å²) in [6, 6.07) is 1.69. The normalized spacial score (nSPS) is 9.31. The maximum Gasteiger partial charge on any atom is 0.347 e. The number of carbonyl (C=O) groups is 2. The van der Waals surface area contributed by atoms with E-state index in [9.17, 15) is 9.59 Å². The predicted molar refractivity (Wildman–Crippen MR) is 65.9 cm³/mol. The largest absolute Gasteiger partial charge is 0.477 e. The van der Waals surface area contributed by atoms with E-state index in [-0.39, 0.29) is 9.99 Å². The smallest absolute Gasteiger partial charge is 0.347 e. The number of rotatable bonds is 3. The molecule has 0 aliphatic heterocycles. The first-order valence-corrected chi connectivity index (χ1v) is 6.41. The molecule has 84 valence electrons. The Balaban J connectivity index is 2.53. The van der Waals surface area contributed by atoms with Gasteiger partial charge in [-0.1, -0.05) is 23.6 Å². The molecule has 0 saturated carbocycles. The minimum atomic E-state index is -0.947. The Labute approximate surface area is 102 Å². The van der Waals surface area contributed by atoms with Crippen LogP contribution >= 0.6 is 23.1 Å². The molecule has 1 aromatic heterocycles. The van der Waals surface area contributed by atoms with E-state index in [1.807, 2.05) is 0 Å². The highest BCUT2D eigenvalue weighted by Crippen LogP contribution is 2.15. The molecule has 3 nitrogen and oxygen atoms in total. The van der Waals surface area contributed by atoms with Gasteiger partial charge in [-0.3, -0.25) is 4.79 Å². The molecule has 0 aromatic carbocycles. The van der Waals surface area contributed by atoms with E-state index in [1.165, 1.54) is 18.7 Å². The van der Waals surface area contributed by atoms with Gasteiger partial charge in [0, 0.05) is 24.7 Å². The van der Waals surface area contributed by atoms with Crippen molar-refractivity contribution in [3.05, 3.63) is 21.9 Å². The van der Waals surface area contributed by atoms with Crippen molar-refractivity contribution < 1.29 is 14.7 Å². The van der Waals surface area contributed by atoms with Gasteiger partial charge in [0.25, 0.3) is 0 Å². The third-order valence-corrected chi connectivity index (χ3v) is 3.33. The van der Waals surface area contributed by atoms with Crippen molar-refractivity contribution in [2.24, 2.45) is 0 Å². The van der Waals surface area contributed by atoms with Gasteiger partial charge in [0.05, 0.1) is 0 Å². The van der Waals surface area contributed by atoms with Gasteiger partial charge in [0.1, 0.15) is 4.88 Å². The fourth-order valence-electron chi connectivity index (χ4n) is 0.977. The molecule has 1 heterocycles. The first-order valence-electron chi connectivity index (χ1n) is 4.54. The monoisotopic (exact) mass is 254 g/mol. The Bertz CT molecular complexity index is 451. The minimum Gasteiger partial charge on any atom is -0.477 e. The molecule has 0 atom stereocenters. The van der Waals surface area contributed by atoms with Crippen LogP contribution < -0.4 is 0 Å². The number of aromatic carboxylic acids is 1. The quantitative estimate of drug-likeness (QED) is 0.665. The Morgan fingerprint density at radius 2 is 2.31 bits per heavy atom. The lowest BCUT2D eigenvalue weighted by molar-refractivity contribution is -0.109. The van der Waals surface area contributed by atoms with Crippen LogP contribution in [0.4, 0.5) is 0 Å². The summed E-state index contributed by atoms with van der Waals surface area (Å²) < 4.78 is 0. The third-order valence-electron chi connectivity index (χ3n) is 1.61. The summed E-state index contributed by atoms with van der Waals surface area (Å²) in [7, 11) is 0. The molecule has 5 heteroatoms. The zero-order valence-corrected chi connectivity index (χ0v) is 10.3. The molecule has 0 unspecified atom stereocenters. The second-order valence-corrected chi connectivity index (χ2v) is 5.05. The minimum absolute atomic E-state index is 0.0727. The zero-order valence-electron chi connectivity index (χ0n) is 8.65. The number of thiophene rings is 1. The average molecular weight is 254 g/mol. The van der Waals surface area contributed by atoms with Crippen molar-refractivity contribution in [2.45, 2.75) is 13.3 Å². The van der Waals surface area contributed by atoms with Gasteiger partial charge >= 0.3 is 5.97 Å². The number of carbonyl (C=O) groups excluding carboxylic acids is 1. The van der Waals surface area contributed by atoms with Crippen molar-refractivity contribution in [2.75, 3.05) is 5.75 Å². The molecular formula is C11H10O3S2. The Hall–Kier alpha value is -1.25. The molecule has 1 aromatic rings. The Morgan fingerprint density at radius 1 is 1.56 bits per heavy atom. The fraction of sp³-hybridized carbons (Fsp3) is 0.273. The summed E-state index contributed by atoms with van der Waals surface area (Å²) in [6.07, 6.45) is 0.582. The molecule has 0 bridgehead atoms. The van der Waals surface area contributed by atoms with Gasteiger partial charge in [-0.05, 0) is 11.4 Å². The maximum atomic E-state index is 10.8. The summed E-state index contributed by atoms with van der Waals surface area (Å²) in [5, 5.41) is 10.6. The van der Waals surface area contributed by atoms with Gasteiger partial charge in [-0.25, -0.2) is 4.79 Å². The van der Waals surface area contributed by atoms with E-state index < -0.39 is 5.97 Å². The Kier molecular flexibility index (Phi) is 5.09. The van der Waals surface area contributed by atoms with Crippen LogP contribution in [0.1, 0.15) is 28.6 Å². The van der Waals surface area contributed by atoms with Crippen LogP contribution in [-0.2, 0) is 4.79 Å². The van der Waals surface area contributed by atoms with Crippen molar-refractivity contribution in [1.82, 2.24) is 0 Å². The first kappa shape index (κ1) is 12.8.